The van der Waals surface area contributed by atoms with E-state index in [0.29, 0.717) is 18.7 Å². The molecular formula is C13H15ClFNO. The van der Waals surface area contributed by atoms with Crippen LogP contribution in [0.5, 0.6) is 0 Å². The average molecular weight is 256 g/mol. The first-order chi connectivity index (χ1) is 8.08. The van der Waals surface area contributed by atoms with Crippen LogP contribution in [0.1, 0.15) is 28.8 Å². The Morgan fingerprint density at radius 2 is 2.06 bits per heavy atom. The molecule has 1 heterocycles. The van der Waals surface area contributed by atoms with Gasteiger partial charge in [-0.2, -0.15) is 0 Å². The number of hydrogen-bond acceptors (Lipinski definition) is 1. The summed E-state index contributed by atoms with van der Waals surface area (Å²) < 4.78 is 13.1. The molecule has 0 spiro atoms. The molecule has 0 aromatic heterocycles. The van der Waals surface area contributed by atoms with E-state index < -0.39 is 0 Å². The second-order valence-corrected chi connectivity index (χ2v) is 5.04. The summed E-state index contributed by atoms with van der Waals surface area (Å²) >= 11 is 5.99. The van der Waals surface area contributed by atoms with Gasteiger partial charge in [-0.3, -0.25) is 4.79 Å². The molecule has 1 amide bonds. The Bertz CT molecular complexity index is 427. The molecule has 1 aromatic carbocycles. The molecule has 1 aliphatic heterocycles. The van der Waals surface area contributed by atoms with E-state index in [-0.39, 0.29) is 17.1 Å². The first-order valence-electron chi connectivity index (χ1n) is 5.77. The predicted molar refractivity (Wildman–Crippen MR) is 65.9 cm³/mol. The van der Waals surface area contributed by atoms with E-state index in [1.54, 1.807) is 11.0 Å². The minimum atomic E-state index is -0.369. The van der Waals surface area contributed by atoms with Crippen LogP contribution in [0.15, 0.2) is 18.2 Å². The molecule has 17 heavy (non-hydrogen) atoms. The number of benzene rings is 1. The van der Waals surface area contributed by atoms with E-state index in [9.17, 15) is 9.18 Å². The summed E-state index contributed by atoms with van der Waals surface area (Å²) in [5, 5.41) is 0.160. The van der Waals surface area contributed by atoms with E-state index in [0.717, 1.165) is 18.4 Å². The summed E-state index contributed by atoms with van der Waals surface area (Å²) in [5.41, 5.74) is 1.27. The van der Waals surface area contributed by atoms with Crippen molar-refractivity contribution in [2.45, 2.75) is 25.1 Å². The molecule has 1 saturated heterocycles. The quantitative estimate of drug-likeness (QED) is 0.707. The Morgan fingerprint density at radius 1 is 1.41 bits per heavy atom. The van der Waals surface area contributed by atoms with Crippen molar-refractivity contribution in [3.8, 4) is 0 Å². The highest BCUT2D eigenvalue weighted by Gasteiger charge is 2.23. The van der Waals surface area contributed by atoms with Gasteiger partial charge >= 0.3 is 0 Å². The first kappa shape index (κ1) is 12.4. The highest BCUT2D eigenvalue weighted by Crippen LogP contribution is 2.19. The zero-order valence-electron chi connectivity index (χ0n) is 9.75. The lowest BCUT2D eigenvalue weighted by Crippen LogP contribution is -2.39. The van der Waals surface area contributed by atoms with Gasteiger partial charge in [0.1, 0.15) is 5.82 Å². The molecule has 4 heteroatoms. The predicted octanol–water partition coefficient (Wildman–Crippen LogP) is 2.98. The Labute approximate surface area is 105 Å². The summed E-state index contributed by atoms with van der Waals surface area (Å²) in [6.45, 7) is 3.13. The molecule has 92 valence electrons. The van der Waals surface area contributed by atoms with Gasteiger partial charge in [0.25, 0.3) is 5.91 Å². The molecule has 0 saturated carbocycles. The normalized spacial score (nSPS) is 17.2. The Balaban J connectivity index is 2.16. The lowest BCUT2D eigenvalue weighted by atomic mass is 10.0. The van der Waals surface area contributed by atoms with Crippen LogP contribution in [0.4, 0.5) is 4.39 Å². The molecule has 0 aliphatic carbocycles. The number of likely N-dealkylation sites (tertiary alicyclic amines) is 1. The number of carbonyl (C=O) groups is 1. The van der Waals surface area contributed by atoms with Crippen LogP contribution >= 0.6 is 11.6 Å². The number of rotatable bonds is 1. The van der Waals surface area contributed by atoms with Crippen molar-refractivity contribution in [1.82, 2.24) is 4.90 Å². The molecule has 1 aliphatic rings. The number of halogens is 2. The average Bonchev–Trinajstić information content (AvgIpc) is 2.32. The number of piperidine rings is 1. The van der Waals surface area contributed by atoms with Crippen molar-refractivity contribution in [2.24, 2.45) is 0 Å². The fourth-order valence-electron chi connectivity index (χ4n) is 2.05. The van der Waals surface area contributed by atoms with Crippen LogP contribution in [0.25, 0.3) is 0 Å². The maximum absolute atomic E-state index is 13.1. The van der Waals surface area contributed by atoms with Gasteiger partial charge in [-0.1, -0.05) is 6.07 Å². The minimum absolute atomic E-state index is 0.0921. The van der Waals surface area contributed by atoms with Gasteiger partial charge in [-0.15, -0.1) is 11.6 Å². The molecule has 2 rings (SSSR count). The van der Waals surface area contributed by atoms with E-state index >= 15 is 0 Å². The summed E-state index contributed by atoms with van der Waals surface area (Å²) in [7, 11) is 0. The Hall–Kier alpha value is -1.09. The molecule has 0 N–H and O–H groups in total. The van der Waals surface area contributed by atoms with Gasteiger partial charge < -0.3 is 4.90 Å². The second-order valence-electron chi connectivity index (χ2n) is 4.43. The molecule has 1 fully saturated rings. The lowest BCUT2D eigenvalue weighted by molar-refractivity contribution is 0.0725. The molecule has 1 aromatic rings. The van der Waals surface area contributed by atoms with Crippen molar-refractivity contribution in [3.63, 3.8) is 0 Å². The minimum Gasteiger partial charge on any atom is -0.339 e. The highest BCUT2D eigenvalue weighted by atomic mass is 35.5. The van der Waals surface area contributed by atoms with Gasteiger partial charge in [0, 0.05) is 24.0 Å². The fourth-order valence-corrected chi connectivity index (χ4v) is 2.24. The van der Waals surface area contributed by atoms with Gasteiger partial charge in [-0.25, -0.2) is 4.39 Å². The van der Waals surface area contributed by atoms with Crippen molar-refractivity contribution in [3.05, 3.63) is 35.1 Å². The largest absolute Gasteiger partial charge is 0.339 e. The van der Waals surface area contributed by atoms with Crippen LogP contribution in [-0.2, 0) is 0 Å². The van der Waals surface area contributed by atoms with Crippen LogP contribution in [-0.4, -0.2) is 29.3 Å². The van der Waals surface area contributed by atoms with Crippen LogP contribution in [0.2, 0.25) is 0 Å². The number of hydrogen-bond donors (Lipinski definition) is 0. The molecule has 0 radical (unpaired) electrons. The third kappa shape index (κ3) is 2.78. The van der Waals surface area contributed by atoms with Crippen molar-refractivity contribution >= 4 is 17.5 Å². The third-order valence-electron chi connectivity index (χ3n) is 3.14. The number of alkyl halides is 1. The molecular weight excluding hydrogens is 241 g/mol. The standard InChI is InChI=1S/C13H15ClFNO/c1-9-2-3-11(15)8-12(9)13(17)16-6-4-10(14)5-7-16/h2-3,8,10H,4-7H2,1H3. The summed E-state index contributed by atoms with van der Waals surface area (Å²) in [6, 6.07) is 4.32. The van der Waals surface area contributed by atoms with Crippen LogP contribution < -0.4 is 0 Å². The maximum atomic E-state index is 13.1. The molecule has 0 bridgehead atoms. The van der Waals surface area contributed by atoms with E-state index in [2.05, 4.69) is 0 Å². The van der Waals surface area contributed by atoms with E-state index in [1.165, 1.54) is 12.1 Å². The first-order valence-corrected chi connectivity index (χ1v) is 6.21. The summed E-state index contributed by atoms with van der Waals surface area (Å²) in [5.74, 6) is -0.461. The van der Waals surface area contributed by atoms with Crippen LogP contribution in [0, 0.1) is 12.7 Å². The van der Waals surface area contributed by atoms with E-state index in [4.69, 9.17) is 11.6 Å². The topological polar surface area (TPSA) is 20.3 Å². The van der Waals surface area contributed by atoms with Crippen LogP contribution in [0.3, 0.4) is 0 Å². The van der Waals surface area contributed by atoms with Gasteiger partial charge in [0.15, 0.2) is 0 Å². The van der Waals surface area contributed by atoms with Gasteiger partial charge in [-0.05, 0) is 37.5 Å². The zero-order chi connectivity index (χ0) is 12.4. The Morgan fingerprint density at radius 3 is 2.71 bits per heavy atom. The third-order valence-corrected chi connectivity index (χ3v) is 3.58. The van der Waals surface area contributed by atoms with Crippen molar-refractivity contribution in [2.75, 3.05) is 13.1 Å². The number of aryl methyl sites for hydroxylation is 1. The van der Waals surface area contributed by atoms with Crippen molar-refractivity contribution < 1.29 is 9.18 Å². The summed E-state index contributed by atoms with van der Waals surface area (Å²) in [6.07, 6.45) is 1.61. The number of amides is 1. The number of carbonyl (C=O) groups excluding carboxylic acids is 1. The lowest BCUT2D eigenvalue weighted by Gasteiger charge is -2.29. The maximum Gasteiger partial charge on any atom is 0.254 e. The summed E-state index contributed by atoms with van der Waals surface area (Å²) in [4.78, 5) is 13.9. The fraction of sp³-hybridized carbons (Fsp3) is 0.462. The molecule has 0 unspecified atom stereocenters. The number of nitrogens with zero attached hydrogens (tertiary/aromatic N) is 1. The molecule has 0 atom stereocenters. The highest BCUT2D eigenvalue weighted by molar-refractivity contribution is 6.20. The smallest absolute Gasteiger partial charge is 0.254 e. The monoisotopic (exact) mass is 255 g/mol. The zero-order valence-corrected chi connectivity index (χ0v) is 10.5. The second kappa shape index (κ2) is 5.05. The van der Waals surface area contributed by atoms with Gasteiger partial charge in [0.05, 0.1) is 0 Å². The Kier molecular flexibility index (Phi) is 3.67. The van der Waals surface area contributed by atoms with E-state index in [1.807, 2.05) is 6.92 Å². The van der Waals surface area contributed by atoms with Gasteiger partial charge in [0.2, 0.25) is 0 Å². The van der Waals surface area contributed by atoms with Crippen molar-refractivity contribution in [1.29, 1.82) is 0 Å². The SMILES string of the molecule is Cc1ccc(F)cc1C(=O)N1CCC(Cl)CC1. The molecule has 2 nitrogen and oxygen atoms in total.